The van der Waals surface area contributed by atoms with Crippen LogP contribution in [-0.2, 0) is 28.6 Å². The van der Waals surface area contributed by atoms with Gasteiger partial charge in [0, 0.05) is 25.7 Å². The number of aliphatic hydroxyl groups is 1. The van der Waals surface area contributed by atoms with E-state index in [0.29, 0.717) is 0 Å². The Hall–Kier alpha value is -2.49. The quantitative estimate of drug-likeness (QED) is 0.196. The van der Waals surface area contributed by atoms with Crippen molar-refractivity contribution in [2.75, 3.05) is 13.2 Å². The summed E-state index contributed by atoms with van der Waals surface area (Å²) in [5, 5.41) is 19.7. The van der Waals surface area contributed by atoms with Crippen LogP contribution in [0.4, 0.5) is 0 Å². The second-order valence-electron chi connectivity index (χ2n) is 4.49. The fourth-order valence-corrected chi connectivity index (χ4v) is 1.49. The molecule has 1 N–H and O–H groups in total. The Morgan fingerprint density at radius 1 is 1.09 bits per heavy atom. The monoisotopic (exact) mass is 333 g/mol. The molecule has 0 spiro atoms. The molecule has 10 nitrogen and oxygen atoms in total. The molecule has 0 aliphatic carbocycles. The molecule has 23 heavy (non-hydrogen) atoms. The lowest BCUT2D eigenvalue weighted by atomic mass is 10.1. The molecule has 130 valence electrons. The number of carbonyl (C=O) groups excluding carboxylic acids is 3. The Labute approximate surface area is 132 Å². The highest BCUT2D eigenvalue weighted by atomic mass is 16.6. The zero-order valence-corrected chi connectivity index (χ0v) is 13.0. The van der Waals surface area contributed by atoms with Crippen LogP contribution >= 0.6 is 0 Å². The molecule has 0 aliphatic heterocycles. The summed E-state index contributed by atoms with van der Waals surface area (Å²) in [6.07, 6.45) is -1.60. The summed E-state index contributed by atoms with van der Waals surface area (Å²) >= 11 is 0. The van der Waals surface area contributed by atoms with Crippen molar-refractivity contribution in [2.45, 2.75) is 39.1 Å². The standard InChI is InChI=1S/C13H19NO9/c1-8(15)21-7-13(23-10(3)17)12(22-9(2)16)5-4-11(18)6-14(19)20/h4-5,11-13,18H,6-7H2,1-3H3/b5-4+/t11?,12-,13+/m0/s1. The number of ether oxygens (including phenoxy) is 3. The highest BCUT2D eigenvalue weighted by molar-refractivity contribution is 5.68. The van der Waals surface area contributed by atoms with Crippen LogP contribution in [0.15, 0.2) is 12.2 Å². The normalized spacial score (nSPS) is 14.6. The maximum absolute atomic E-state index is 11.1. The van der Waals surface area contributed by atoms with Gasteiger partial charge in [-0.05, 0) is 12.2 Å². The van der Waals surface area contributed by atoms with E-state index >= 15 is 0 Å². The number of carbonyl (C=O) groups is 3. The fraction of sp³-hybridized carbons (Fsp3) is 0.615. The van der Waals surface area contributed by atoms with Gasteiger partial charge >= 0.3 is 17.9 Å². The third-order valence-corrected chi connectivity index (χ3v) is 2.30. The predicted octanol–water partition coefficient (Wildman–Crippen LogP) is -0.393. The van der Waals surface area contributed by atoms with Gasteiger partial charge in [0.05, 0.1) is 0 Å². The Bertz CT molecular complexity index is 474. The van der Waals surface area contributed by atoms with E-state index in [1.165, 1.54) is 0 Å². The van der Waals surface area contributed by atoms with E-state index < -0.39 is 47.7 Å². The minimum Gasteiger partial charge on any atom is -0.462 e. The zero-order valence-electron chi connectivity index (χ0n) is 13.0. The van der Waals surface area contributed by atoms with E-state index in [-0.39, 0.29) is 6.61 Å². The van der Waals surface area contributed by atoms with Crippen LogP contribution in [0.25, 0.3) is 0 Å². The van der Waals surface area contributed by atoms with Crippen molar-refractivity contribution < 1.29 is 38.6 Å². The second kappa shape index (κ2) is 10.3. The van der Waals surface area contributed by atoms with E-state index in [1.807, 2.05) is 0 Å². The van der Waals surface area contributed by atoms with Crippen molar-refractivity contribution >= 4 is 17.9 Å². The summed E-state index contributed by atoms with van der Waals surface area (Å²) in [5.41, 5.74) is 0. The number of nitro groups is 1. The summed E-state index contributed by atoms with van der Waals surface area (Å²) in [6, 6.07) is 0. The molecule has 0 amide bonds. The second-order valence-corrected chi connectivity index (χ2v) is 4.49. The van der Waals surface area contributed by atoms with Crippen LogP contribution in [0.3, 0.4) is 0 Å². The van der Waals surface area contributed by atoms with E-state index in [4.69, 9.17) is 14.2 Å². The topological polar surface area (TPSA) is 142 Å². The molecule has 0 heterocycles. The van der Waals surface area contributed by atoms with Crippen molar-refractivity contribution in [3.63, 3.8) is 0 Å². The van der Waals surface area contributed by atoms with Gasteiger partial charge in [-0.2, -0.15) is 0 Å². The van der Waals surface area contributed by atoms with Gasteiger partial charge < -0.3 is 19.3 Å². The van der Waals surface area contributed by atoms with Gasteiger partial charge in [-0.25, -0.2) is 0 Å². The van der Waals surface area contributed by atoms with E-state index in [2.05, 4.69) is 0 Å². The highest BCUT2D eigenvalue weighted by Gasteiger charge is 2.27. The zero-order chi connectivity index (χ0) is 18.0. The molecular formula is C13H19NO9. The maximum atomic E-state index is 11.1. The number of aliphatic hydroxyl groups excluding tert-OH is 1. The Morgan fingerprint density at radius 3 is 2.09 bits per heavy atom. The van der Waals surface area contributed by atoms with Crippen molar-refractivity contribution in [2.24, 2.45) is 0 Å². The summed E-state index contributed by atoms with van der Waals surface area (Å²) < 4.78 is 14.6. The molecule has 0 bridgehead atoms. The number of nitrogens with zero attached hydrogens (tertiary/aromatic N) is 1. The van der Waals surface area contributed by atoms with E-state index in [0.717, 1.165) is 32.9 Å². The average Bonchev–Trinajstić information content (AvgIpc) is 2.37. The van der Waals surface area contributed by atoms with Gasteiger partial charge in [0.25, 0.3) is 0 Å². The average molecular weight is 333 g/mol. The highest BCUT2D eigenvalue weighted by Crippen LogP contribution is 2.10. The molecule has 0 rings (SSSR count). The number of rotatable bonds is 9. The van der Waals surface area contributed by atoms with Crippen molar-refractivity contribution in [3.8, 4) is 0 Å². The SMILES string of the molecule is CC(=O)OC[C@@H](OC(C)=O)[C@H](/C=C/C(O)C[N+](=O)[O-])OC(C)=O. The van der Waals surface area contributed by atoms with Gasteiger partial charge in [-0.3, -0.25) is 24.5 Å². The lowest BCUT2D eigenvalue weighted by molar-refractivity contribution is -0.487. The molecule has 3 atom stereocenters. The van der Waals surface area contributed by atoms with Crippen molar-refractivity contribution in [1.82, 2.24) is 0 Å². The molecule has 0 aliphatic rings. The summed E-state index contributed by atoms with van der Waals surface area (Å²) in [5.74, 6) is -2.07. The van der Waals surface area contributed by atoms with E-state index in [9.17, 15) is 29.6 Å². The molecular weight excluding hydrogens is 314 g/mol. The van der Waals surface area contributed by atoms with Crippen LogP contribution in [0.5, 0.6) is 0 Å². The molecule has 1 unspecified atom stereocenters. The third kappa shape index (κ3) is 10.8. The first kappa shape index (κ1) is 20.5. The van der Waals surface area contributed by atoms with Gasteiger partial charge in [0.1, 0.15) is 12.7 Å². The number of hydrogen-bond acceptors (Lipinski definition) is 9. The first-order valence-electron chi connectivity index (χ1n) is 6.57. The Morgan fingerprint density at radius 2 is 1.65 bits per heavy atom. The van der Waals surface area contributed by atoms with E-state index in [1.54, 1.807) is 0 Å². The molecule has 0 aromatic rings. The molecule has 0 aromatic carbocycles. The smallest absolute Gasteiger partial charge is 0.303 e. The van der Waals surface area contributed by atoms with Crippen molar-refractivity contribution in [1.29, 1.82) is 0 Å². The molecule has 0 saturated heterocycles. The largest absolute Gasteiger partial charge is 0.462 e. The van der Waals surface area contributed by atoms with Crippen molar-refractivity contribution in [3.05, 3.63) is 22.3 Å². The molecule has 0 aromatic heterocycles. The Kier molecular flexibility index (Phi) is 9.16. The van der Waals surface area contributed by atoms with Crippen LogP contribution in [-0.4, -0.2) is 59.4 Å². The Balaban J connectivity index is 5.12. The summed E-state index contributed by atoms with van der Waals surface area (Å²) in [7, 11) is 0. The number of hydrogen-bond donors (Lipinski definition) is 1. The molecule has 10 heteroatoms. The lowest BCUT2D eigenvalue weighted by Crippen LogP contribution is -2.37. The van der Waals surface area contributed by atoms with Crippen LogP contribution in [0.1, 0.15) is 20.8 Å². The molecule has 0 radical (unpaired) electrons. The number of esters is 3. The first-order valence-corrected chi connectivity index (χ1v) is 6.57. The summed E-state index contributed by atoms with van der Waals surface area (Å²) in [6.45, 7) is 2.22. The van der Waals surface area contributed by atoms with Gasteiger partial charge in [-0.1, -0.05) is 0 Å². The minimum atomic E-state index is -1.42. The predicted molar refractivity (Wildman–Crippen MR) is 74.7 cm³/mol. The molecule has 0 fully saturated rings. The summed E-state index contributed by atoms with van der Waals surface area (Å²) in [4.78, 5) is 42.7. The van der Waals surface area contributed by atoms with Gasteiger partial charge in [0.2, 0.25) is 6.54 Å². The van der Waals surface area contributed by atoms with Gasteiger partial charge in [0.15, 0.2) is 12.2 Å². The maximum Gasteiger partial charge on any atom is 0.303 e. The first-order chi connectivity index (χ1) is 10.6. The van der Waals surface area contributed by atoms with Crippen LogP contribution in [0.2, 0.25) is 0 Å². The fourth-order valence-electron chi connectivity index (χ4n) is 1.49. The van der Waals surface area contributed by atoms with Crippen LogP contribution < -0.4 is 0 Å². The third-order valence-electron chi connectivity index (χ3n) is 2.30. The molecule has 0 saturated carbocycles. The van der Waals surface area contributed by atoms with Crippen LogP contribution in [0, 0.1) is 10.1 Å². The van der Waals surface area contributed by atoms with Gasteiger partial charge in [-0.15, -0.1) is 0 Å². The lowest BCUT2D eigenvalue weighted by Gasteiger charge is -2.23. The minimum absolute atomic E-state index is 0.386.